The second-order valence-electron chi connectivity index (χ2n) is 5.41. The highest BCUT2D eigenvalue weighted by atomic mass is 16.5. The zero-order chi connectivity index (χ0) is 13.8. The van der Waals surface area contributed by atoms with Crippen LogP contribution in [0.15, 0.2) is 54.6 Å². The number of nitrogens with one attached hydrogen (secondary N) is 1. The minimum absolute atomic E-state index is 0.271. The Labute approximate surface area is 120 Å². The lowest BCUT2D eigenvalue weighted by Gasteiger charge is -2.32. The Hall–Kier alpha value is -1.80. The van der Waals surface area contributed by atoms with Crippen molar-refractivity contribution in [2.24, 2.45) is 0 Å². The number of hydrogen-bond acceptors (Lipinski definition) is 2. The second-order valence-corrected chi connectivity index (χ2v) is 5.41. The molecule has 2 nitrogen and oxygen atoms in total. The summed E-state index contributed by atoms with van der Waals surface area (Å²) in [5.74, 6) is 0.907. The first-order valence-electron chi connectivity index (χ1n) is 7.32. The summed E-state index contributed by atoms with van der Waals surface area (Å²) in [6, 6.07) is 20.0. The predicted octanol–water partition coefficient (Wildman–Crippen LogP) is 3.93. The molecule has 20 heavy (non-hydrogen) atoms. The molecule has 1 fully saturated rings. The van der Waals surface area contributed by atoms with E-state index in [1.807, 2.05) is 12.1 Å². The average Bonchev–Trinajstić information content (AvgIpc) is 2.47. The summed E-state index contributed by atoms with van der Waals surface area (Å²) in [6.45, 7) is 0. The standard InChI is InChI=1S/C18H21NO/c1-20-17-12-10-15(11-13-17)18(19-16-8-5-9-16)14-6-3-2-4-7-14/h2-4,6-7,10-13,16,18-19H,5,8-9H2,1H3. The van der Waals surface area contributed by atoms with E-state index in [1.165, 1.54) is 30.4 Å². The van der Waals surface area contributed by atoms with Crippen molar-refractivity contribution in [1.82, 2.24) is 5.32 Å². The van der Waals surface area contributed by atoms with Gasteiger partial charge in [-0.3, -0.25) is 0 Å². The van der Waals surface area contributed by atoms with Crippen molar-refractivity contribution in [1.29, 1.82) is 0 Å². The number of hydrogen-bond donors (Lipinski definition) is 1. The molecule has 1 saturated carbocycles. The smallest absolute Gasteiger partial charge is 0.118 e. The third kappa shape index (κ3) is 2.86. The zero-order valence-corrected chi connectivity index (χ0v) is 11.9. The van der Waals surface area contributed by atoms with E-state index >= 15 is 0 Å². The first-order valence-corrected chi connectivity index (χ1v) is 7.32. The maximum atomic E-state index is 5.25. The van der Waals surface area contributed by atoms with Gasteiger partial charge in [-0.1, -0.05) is 48.9 Å². The lowest BCUT2D eigenvalue weighted by molar-refractivity contribution is 0.320. The quantitative estimate of drug-likeness (QED) is 0.886. The van der Waals surface area contributed by atoms with Gasteiger partial charge in [0, 0.05) is 6.04 Å². The number of ether oxygens (including phenoxy) is 1. The summed E-state index contributed by atoms with van der Waals surface area (Å²) in [5.41, 5.74) is 2.62. The van der Waals surface area contributed by atoms with Gasteiger partial charge in [-0.25, -0.2) is 0 Å². The fourth-order valence-electron chi connectivity index (χ4n) is 2.64. The third-order valence-electron chi connectivity index (χ3n) is 4.09. The van der Waals surface area contributed by atoms with Crippen LogP contribution in [0, 0.1) is 0 Å². The summed E-state index contributed by atoms with van der Waals surface area (Å²) < 4.78 is 5.25. The van der Waals surface area contributed by atoms with Gasteiger partial charge < -0.3 is 10.1 Å². The van der Waals surface area contributed by atoms with Crippen molar-refractivity contribution in [3.8, 4) is 5.75 Å². The van der Waals surface area contributed by atoms with Gasteiger partial charge in [0.25, 0.3) is 0 Å². The second kappa shape index (κ2) is 6.10. The molecule has 0 radical (unpaired) electrons. The molecule has 2 heteroatoms. The van der Waals surface area contributed by atoms with Crippen molar-refractivity contribution >= 4 is 0 Å². The number of rotatable bonds is 5. The van der Waals surface area contributed by atoms with Gasteiger partial charge >= 0.3 is 0 Å². The van der Waals surface area contributed by atoms with Crippen molar-refractivity contribution < 1.29 is 4.74 Å². The van der Waals surface area contributed by atoms with Crippen LogP contribution < -0.4 is 10.1 Å². The van der Waals surface area contributed by atoms with Crippen LogP contribution in [0.1, 0.15) is 36.4 Å². The van der Waals surface area contributed by atoms with E-state index in [0.717, 1.165) is 5.75 Å². The van der Waals surface area contributed by atoms with Crippen LogP contribution in [0.4, 0.5) is 0 Å². The van der Waals surface area contributed by atoms with Gasteiger partial charge in [-0.15, -0.1) is 0 Å². The maximum Gasteiger partial charge on any atom is 0.118 e. The Morgan fingerprint density at radius 3 is 2.15 bits per heavy atom. The molecule has 1 N–H and O–H groups in total. The highest BCUT2D eigenvalue weighted by molar-refractivity contribution is 5.35. The lowest BCUT2D eigenvalue weighted by atomic mass is 9.90. The summed E-state index contributed by atoms with van der Waals surface area (Å²) in [5, 5.41) is 3.78. The van der Waals surface area contributed by atoms with Crippen molar-refractivity contribution in [2.75, 3.05) is 7.11 Å². The minimum Gasteiger partial charge on any atom is -0.497 e. The van der Waals surface area contributed by atoms with E-state index in [4.69, 9.17) is 4.74 Å². The van der Waals surface area contributed by atoms with Crippen LogP contribution >= 0.6 is 0 Å². The Kier molecular flexibility index (Phi) is 4.03. The number of methoxy groups -OCH3 is 1. The lowest BCUT2D eigenvalue weighted by Crippen LogP contribution is -2.38. The van der Waals surface area contributed by atoms with E-state index in [2.05, 4.69) is 47.8 Å². The molecule has 2 aromatic rings. The van der Waals surface area contributed by atoms with Gasteiger partial charge in [0.15, 0.2) is 0 Å². The molecular weight excluding hydrogens is 246 g/mol. The summed E-state index contributed by atoms with van der Waals surface area (Å²) in [7, 11) is 1.70. The minimum atomic E-state index is 0.271. The monoisotopic (exact) mass is 267 g/mol. The molecule has 1 aliphatic rings. The molecule has 0 aliphatic heterocycles. The molecule has 0 heterocycles. The van der Waals surface area contributed by atoms with Crippen LogP contribution in [0.2, 0.25) is 0 Å². The van der Waals surface area contributed by atoms with Gasteiger partial charge in [0.05, 0.1) is 13.2 Å². The van der Waals surface area contributed by atoms with Gasteiger partial charge in [0.1, 0.15) is 5.75 Å². The van der Waals surface area contributed by atoms with Gasteiger partial charge in [0.2, 0.25) is 0 Å². The van der Waals surface area contributed by atoms with E-state index in [9.17, 15) is 0 Å². The summed E-state index contributed by atoms with van der Waals surface area (Å²) in [4.78, 5) is 0. The summed E-state index contributed by atoms with van der Waals surface area (Å²) >= 11 is 0. The van der Waals surface area contributed by atoms with E-state index in [0.29, 0.717) is 6.04 Å². The first kappa shape index (κ1) is 13.2. The number of benzene rings is 2. The van der Waals surface area contributed by atoms with Crippen LogP contribution in [-0.2, 0) is 0 Å². The highest BCUT2D eigenvalue weighted by Gasteiger charge is 2.23. The van der Waals surface area contributed by atoms with Gasteiger partial charge in [-0.2, -0.15) is 0 Å². The molecule has 104 valence electrons. The summed E-state index contributed by atoms with van der Waals surface area (Å²) in [6.07, 6.45) is 3.93. The van der Waals surface area contributed by atoms with Crippen molar-refractivity contribution in [2.45, 2.75) is 31.3 Å². The molecule has 0 amide bonds. The van der Waals surface area contributed by atoms with Crippen molar-refractivity contribution in [3.05, 3.63) is 65.7 Å². The van der Waals surface area contributed by atoms with E-state index in [1.54, 1.807) is 7.11 Å². The van der Waals surface area contributed by atoms with Crippen LogP contribution in [0.3, 0.4) is 0 Å². The van der Waals surface area contributed by atoms with Gasteiger partial charge in [-0.05, 0) is 36.1 Å². The van der Waals surface area contributed by atoms with E-state index in [-0.39, 0.29) is 6.04 Å². The van der Waals surface area contributed by atoms with Crippen molar-refractivity contribution in [3.63, 3.8) is 0 Å². The van der Waals surface area contributed by atoms with E-state index < -0.39 is 0 Å². The molecule has 1 aliphatic carbocycles. The largest absolute Gasteiger partial charge is 0.497 e. The molecule has 0 spiro atoms. The van der Waals surface area contributed by atoms with Crippen LogP contribution in [-0.4, -0.2) is 13.2 Å². The molecule has 1 unspecified atom stereocenters. The van der Waals surface area contributed by atoms with Crippen LogP contribution in [0.25, 0.3) is 0 Å². The fraction of sp³-hybridized carbons (Fsp3) is 0.333. The first-order chi connectivity index (χ1) is 9.86. The Bertz CT molecular complexity index is 531. The highest BCUT2D eigenvalue weighted by Crippen LogP contribution is 2.28. The Morgan fingerprint density at radius 1 is 0.950 bits per heavy atom. The normalized spacial score (nSPS) is 16.4. The SMILES string of the molecule is COc1ccc(C(NC2CCC2)c2ccccc2)cc1. The fourth-order valence-corrected chi connectivity index (χ4v) is 2.64. The third-order valence-corrected chi connectivity index (χ3v) is 4.09. The molecular formula is C18H21NO. The maximum absolute atomic E-state index is 5.25. The molecule has 2 aromatic carbocycles. The Balaban J connectivity index is 1.87. The molecule has 0 bridgehead atoms. The Morgan fingerprint density at radius 2 is 1.60 bits per heavy atom. The topological polar surface area (TPSA) is 21.3 Å². The molecule has 0 aromatic heterocycles. The predicted molar refractivity (Wildman–Crippen MR) is 82.1 cm³/mol. The molecule has 1 atom stereocenters. The molecule has 3 rings (SSSR count). The van der Waals surface area contributed by atoms with Crippen LogP contribution in [0.5, 0.6) is 5.75 Å². The zero-order valence-electron chi connectivity index (χ0n) is 11.9. The molecule has 0 saturated heterocycles. The average molecular weight is 267 g/mol.